The van der Waals surface area contributed by atoms with Gasteiger partial charge < -0.3 is 14.6 Å². The highest BCUT2D eigenvalue weighted by atomic mass is 16.5. The van der Waals surface area contributed by atoms with E-state index in [2.05, 4.69) is 5.32 Å². The number of hydrogen-bond acceptors (Lipinski definition) is 4. The van der Waals surface area contributed by atoms with Crippen LogP contribution in [0.3, 0.4) is 0 Å². The van der Waals surface area contributed by atoms with Gasteiger partial charge in [-0.2, -0.15) is 0 Å². The highest BCUT2D eigenvalue weighted by Crippen LogP contribution is 2.24. The molecule has 1 aliphatic rings. The van der Waals surface area contributed by atoms with Crippen molar-refractivity contribution >= 4 is 34.3 Å². The number of nitrogens with zero attached hydrogens (tertiary/aromatic N) is 1. The maximum Gasteiger partial charge on any atom is 0.340 e. The highest BCUT2D eigenvalue weighted by molar-refractivity contribution is 6.06. The standard InChI is InChI=1S/C20H16N2O4/c1-22-10-15(14-4-2-3-5-17(14)22)20(25)26-11-18(23)12-6-7-16-13(8-12)9-19(24)21-16/h2-8,10H,9,11H2,1H3,(H,21,24). The smallest absolute Gasteiger partial charge is 0.340 e. The van der Waals surface area contributed by atoms with Crippen molar-refractivity contribution in [2.24, 2.45) is 7.05 Å². The summed E-state index contributed by atoms with van der Waals surface area (Å²) in [6.07, 6.45) is 1.95. The van der Waals surface area contributed by atoms with E-state index in [1.54, 1.807) is 24.4 Å². The Balaban J connectivity index is 1.48. The molecule has 1 amide bonds. The second kappa shape index (κ2) is 6.15. The summed E-state index contributed by atoms with van der Waals surface area (Å²) < 4.78 is 7.07. The molecule has 1 N–H and O–H groups in total. The molecule has 0 fully saturated rings. The zero-order valence-electron chi connectivity index (χ0n) is 14.1. The topological polar surface area (TPSA) is 77.4 Å². The zero-order chi connectivity index (χ0) is 18.3. The SMILES string of the molecule is Cn1cc(C(=O)OCC(=O)c2ccc3c(c2)CC(=O)N3)c2ccccc21. The predicted octanol–water partition coefficient (Wildman–Crippen LogP) is 2.71. The lowest BCUT2D eigenvalue weighted by Gasteiger charge is -2.05. The van der Waals surface area contributed by atoms with Gasteiger partial charge in [0.15, 0.2) is 12.4 Å². The molecular weight excluding hydrogens is 332 g/mol. The number of nitrogens with one attached hydrogen (secondary N) is 1. The maximum atomic E-state index is 12.4. The number of rotatable bonds is 4. The van der Waals surface area contributed by atoms with Crippen LogP contribution in [-0.4, -0.2) is 28.8 Å². The van der Waals surface area contributed by atoms with Crippen molar-refractivity contribution in [3.8, 4) is 0 Å². The fourth-order valence-corrected chi connectivity index (χ4v) is 3.20. The largest absolute Gasteiger partial charge is 0.454 e. The van der Waals surface area contributed by atoms with Crippen LogP contribution in [0, 0.1) is 0 Å². The molecule has 0 atom stereocenters. The summed E-state index contributed by atoms with van der Waals surface area (Å²) in [4.78, 5) is 36.1. The van der Waals surface area contributed by atoms with Gasteiger partial charge in [-0.1, -0.05) is 18.2 Å². The van der Waals surface area contributed by atoms with Crippen molar-refractivity contribution in [3.63, 3.8) is 0 Å². The van der Waals surface area contributed by atoms with E-state index in [9.17, 15) is 14.4 Å². The van der Waals surface area contributed by atoms with Crippen LogP contribution in [0.15, 0.2) is 48.7 Å². The fraction of sp³-hybridized carbons (Fsp3) is 0.150. The molecule has 130 valence electrons. The number of hydrogen-bond donors (Lipinski definition) is 1. The molecule has 1 aromatic heterocycles. The minimum atomic E-state index is -0.534. The van der Waals surface area contributed by atoms with Crippen molar-refractivity contribution in [1.82, 2.24) is 4.57 Å². The number of Topliss-reactive ketones (excluding diaryl/α,β-unsaturated/α-hetero) is 1. The minimum absolute atomic E-state index is 0.0908. The molecule has 0 saturated carbocycles. The molecule has 4 rings (SSSR count). The highest BCUT2D eigenvalue weighted by Gasteiger charge is 2.20. The number of para-hydroxylation sites is 1. The van der Waals surface area contributed by atoms with Gasteiger partial charge in [-0.25, -0.2) is 4.79 Å². The third kappa shape index (κ3) is 2.75. The first kappa shape index (κ1) is 16.1. The van der Waals surface area contributed by atoms with Crippen LogP contribution in [0.4, 0.5) is 5.69 Å². The monoisotopic (exact) mass is 348 g/mol. The normalized spacial score (nSPS) is 12.7. The van der Waals surface area contributed by atoms with Gasteiger partial charge >= 0.3 is 5.97 Å². The summed E-state index contributed by atoms with van der Waals surface area (Å²) in [6, 6.07) is 12.5. The maximum absolute atomic E-state index is 12.4. The lowest BCUT2D eigenvalue weighted by Crippen LogP contribution is -2.14. The number of aromatic nitrogens is 1. The van der Waals surface area contributed by atoms with Crippen LogP contribution in [-0.2, 0) is 23.0 Å². The summed E-state index contributed by atoms with van der Waals surface area (Å²) in [5, 5.41) is 3.50. The van der Waals surface area contributed by atoms with E-state index in [4.69, 9.17) is 4.74 Å². The van der Waals surface area contributed by atoms with Crippen molar-refractivity contribution in [1.29, 1.82) is 0 Å². The van der Waals surface area contributed by atoms with E-state index in [1.165, 1.54) is 0 Å². The number of ketones is 1. The number of benzene rings is 2. The zero-order valence-corrected chi connectivity index (χ0v) is 14.1. The molecule has 26 heavy (non-hydrogen) atoms. The molecule has 0 aliphatic carbocycles. The van der Waals surface area contributed by atoms with Gasteiger partial charge in [0.05, 0.1) is 12.0 Å². The lowest BCUT2D eigenvalue weighted by molar-refractivity contribution is -0.115. The van der Waals surface area contributed by atoms with E-state index in [0.29, 0.717) is 11.1 Å². The quantitative estimate of drug-likeness (QED) is 0.581. The van der Waals surface area contributed by atoms with Gasteiger partial charge in [0.25, 0.3) is 0 Å². The van der Waals surface area contributed by atoms with Crippen LogP contribution in [0.25, 0.3) is 10.9 Å². The van der Waals surface area contributed by atoms with Gasteiger partial charge in [0.1, 0.15) is 0 Å². The molecule has 0 saturated heterocycles. The fourth-order valence-electron chi connectivity index (χ4n) is 3.20. The second-order valence-electron chi connectivity index (χ2n) is 6.27. The van der Waals surface area contributed by atoms with E-state index in [-0.39, 0.29) is 24.7 Å². The lowest BCUT2D eigenvalue weighted by atomic mass is 10.1. The molecule has 0 unspecified atom stereocenters. The van der Waals surface area contributed by atoms with Crippen molar-refractivity contribution < 1.29 is 19.1 Å². The predicted molar refractivity (Wildman–Crippen MR) is 96.3 cm³/mol. The van der Waals surface area contributed by atoms with Crippen molar-refractivity contribution in [2.45, 2.75) is 6.42 Å². The number of amides is 1. The number of ether oxygens (including phenoxy) is 1. The van der Waals surface area contributed by atoms with Gasteiger partial charge in [0.2, 0.25) is 5.91 Å². The first-order valence-electron chi connectivity index (χ1n) is 8.20. The summed E-state index contributed by atoms with van der Waals surface area (Å²) in [7, 11) is 1.85. The summed E-state index contributed by atoms with van der Waals surface area (Å²) in [6.45, 7) is -0.345. The number of carbonyl (C=O) groups is 3. The molecule has 1 aliphatic heterocycles. The number of fused-ring (bicyclic) bond motifs is 2. The Morgan fingerprint density at radius 3 is 2.85 bits per heavy atom. The molecule has 2 aromatic carbocycles. The summed E-state index contributed by atoms with van der Waals surface area (Å²) in [5.41, 5.74) is 3.27. The van der Waals surface area contributed by atoms with E-state index in [0.717, 1.165) is 22.2 Å². The first-order valence-corrected chi connectivity index (χ1v) is 8.20. The number of carbonyl (C=O) groups excluding carboxylic acids is 3. The Kier molecular flexibility index (Phi) is 3.80. The molecule has 6 heteroatoms. The van der Waals surface area contributed by atoms with Crippen molar-refractivity contribution in [2.75, 3.05) is 11.9 Å². The van der Waals surface area contributed by atoms with Gasteiger partial charge in [-0.15, -0.1) is 0 Å². The summed E-state index contributed by atoms with van der Waals surface area (Å²) in [5.74, 6) is -0.930. The first-order chi connectivity index (χ1) is 12.5. The Hall–Kier alpha value is -3.41. The van der Waals surface area contributed by atoms with E-state index in [1.807, 2.05) is 35.9 Å². The third-order valence-corrected chi connectivity index (χ3v) is 4.50. The third-order valence-electron chi connectivity index (χ3n) is 4.50. The van der Waals surface area contributed by atoms with E-state index < -0.39 is 5.97 Å². The molecule has 3 aromatic rings. The van der Waals surface area contributed by atoms with Crippen LogP contribution >= 0.6 is 0 Å². The van der Waals surface area contributed by atoms with Crippen molar-refractivity contribution in [3.05, 3.63) is 65.4 Å². The Morgan fingerprint density at radius 2 is 2.00 bits per heavy atom. The molecule has 0 radical (unpaired) electrons. The van der Waals surface area contributed by atoms with Crippen LogP contribution < -0.4 is 5.32 Å². The Bertz CT molecular complexity index is 1060. The van der Waals surface area contributed by atoms with Gasteiger partial charge in [-0.3, -0.25) is 9.59 Å². The molecule has 0 bridgehead atoms. The molecular formula is C20H16N2O4. The average molecular weight is 348 g/mol. The van der Waals surface area contributed by atoms with Gasteiger partial charge in [0, 0.05) is 35.4 Å². The van der Waals surface area contributed by atoms with Crippen LogP contribution in [0.2, 0.25) is 0 Å². The minimum Gasteiger partial charge on any atom is -0.454 e. The Morgan fingerprint density at radius 1 is 1.19 bits per heavy atom. The number of anilines is 1. The Labute approximate surface area is 149 Å². The summed E-state index contributed by atoms with van der Waals surface area (Å²) >= 11 is 0. The second-order valence-corrected chi connectivity index (χ2v) is 6.27. The van der Waals surface area contributed by atoms with E-state index >= 15 is 0 Å². The number of aryl methyl sites for hydroxylation is 1. The number of esters is 1. The van der Waals surface area contributed by atoms with Gasteiger partial charge in [-0.05, 0) is 29.8 Å². The van der Waals surface area contributed by atoms with Crippen LogP contribution in [0.5, 0.6) is 0 Å². The molecule has 6 nitrogen and oxygen atoms in total. The molecule has 2 heterocycles. The van der Waals surface area contributed by atoms with Crippen LogP contribution in [0.1, 0.15) is 26.3 Å². The average Bonchev–Trinajstić information content (AvgIpc) is 3.18. The molecule has 0 spiro atoms.